The molecule has 1 aliphatic rings. The molecule has 23 heavy (non-hydrogen) atoms. The van der Waals surface area contributed by atoms with Crippen LogP contribution in [0.15, 0.2) is 48.5 Å². The maximum absolute atomic E-state index is 12.3. The molecule has 4 nitrogen and oxygen atoms in total. The molecule has 1 fully saturated rings. The number of hydrogen-bond donors (Lipinski definition) is 2. The van der Waals surface area contributed by atoms with Crippen molar-refractivity contribution in [3.8, 4) is 0 Å². The summed E-state index contributed by atoms with van der Waals surface area (Å²) in [5.74, 6) is -0.127. The molecule has 2 N–H and O–H groups in total. The quantitative estimate of drug-likeness (QED) is 0.900. The average molecular weight is 332 g/mol. The third-order valence-electron chi connectivity index (χ3n) is 3.95. The predicted molar refractivity (Wildman–Crippen MR) is 91.1 cm³/mol. The van der Waals surface area contributed by atoms with Gasteiger partial charge in [0.05, 0.1) is 13.2 Å². The average Bonchev–Trinajstić information content (AvgIpc) is 2.56. The monoisotopic (exact) mass is 331 g/mol. The van der Waals surface area contributed by atoms with E-state index in [1.54, 1.807) is 12.1 Å². The Bertz CT molecular complexity index is 667. The Hall–Kier alpha value is -1.88. The summed E-state index contributed by atoms with van der Waals surface area (Å²) < 4.78 is 5.37. The van der Waals surface area contributed by atoms with E-state index in [2.05, 4.69) is 5.32 Å². The lowest BCUT2D eigenvalue weighted by molar-refractivity contribution is -0.921. The van der Waals surface area contributed by atoms with Crippen molar-refractivity contribution >= 4 is 23.2 Å². The highest BCUT2D eigenvalue weighted by Crippen LogP contribution is 2.16. The Morgan fingerprint density at radius 1 is 1.13 bits per heavy atom. The van der Waals surface area contributed by atoms with Crippen molar-refractivity contribution in [2.24, 2.45) is 0 Å². The fourth-order valence-electron chi connectivity index (χ4n) is 2.67. The Balaban J connectivity index is 1.60. The second-order valence-corrected chi connectivity index (χ2v) is 6.14. The van der Waals surface area contributed by atoms with Gasteiger partial charge in [-0.25, -0.2) is 0 Å². The number of amides is 1. The second kappa shape index (κ2) is 7.59. The molecule has 0 spiro atoms. The Morgan fingerprint density at radius 3 is 2.57 bits per heavy atom. The van der Waals surface area contributed by atoms with E-state index in [9.17, 15) is 4.79 Å². The van der Waals surface area contributed by atoms with Crippen molar-refractivity contribution in [3.05, 3.63) is 64.7 Å². The zero-order chi connectivity index (χ0) is 16.1. The van der Waals surface area contributed by atoms with Gasteiger partial charge in [-0.15, -0.1) is 0 Å². The van der Waals surface area contributed by atoms with Crippen LogP contribution >= 0.6 is 11.6 Å². The Kier molecular flexibility index (Phi) is 5.28. The van der Waals surface area contributed by atoms with Crippen molar-refractivity contribution in [2.45, 2.75) is 6.54 Å². The maximum atomic E-state index is 12.3. The van der Waals surface area contributed by atoms with Crippen LogP contribution in [0.5, 0.6) is 0 Å². The summed E-state index contributed by atoms with van der Waals surface area (Å²) in [6.07, 6.45) is 0. The molecule has 1 heterocycles. The number of ether oxygens (including phenoxy) is 1. The van der Waals surface area contributed by atoms with Gasteiger partial charge < -0.3 is 15.0 Å². The molecule has 3 rings (SSSR count). The van der Waals surface area contributed by atoms with Gasteiger partial charge in [-0.05, 0) is 30.3 Å². The summed E-state index contributed by atoms with van der Waals surface area (Å²) in [4.78, 5) is 13.8. The number of carbonyl (C=O) groups excluding carboxylic acids is 1. The van der Waals surface area contributed by atoms with Crippen LogP contribution < -0.4 is 10.2 Å². The van der Waals surface area contributed by atoms with E-state index < -0.39 is 0 Å². The van der Waals surface area contributed by atoms with Crippen molar-refractivity contribution in [1.29, 1.82) is 0 Å². The first-order valence-electron chi connectivity index (χ1n) is 7.78. The topological polar surface area (TPSA) is 42.8 Å². The first-order chi connectivity index (χ1) is 11.2. The van der Waals surface area contributed by atoms with Gasteiger partial charge in [0.1, 0.15) is 19.6 Å². The van der Waals surface area contributed by atoms with Gasteiger partial charge in [0, 0.05) is 21.8 Å². The SMILES string of the molecule is O=C(Nc1cccc(Cl)c1)c1ccc(C[NH+]2CCOCC2)cc1. The van der Waals surface area contributed by atoms with Crippen LogP contribution in [0.2, 0.25) is 5.02 Å². The van der Waals surface area contributed by atoms with Crippen molar-refractivity contribution in [1.82, 2.24) is 0 Å². The van der Waals surface area contributed by atoms with E-state index in [0.717, 1.165) is 32.8 Å². The normalized spacial score (nSPS) is 15.3. The molecule has 1 aliphatic heterocycles. The van der Waals surface area contributed by atoms with E-state index >= 15 is 0 Å². The van der Waals surface area contributed by atoms with E-state index in [1.165, 1.54) is 10.5 Å². The molecule has 5 heteroatoms. The third-order valence-corrected chi connectivity index (χ3v) is 4.19. The van der Waals surface area contributed by atoms with Crippen LogP contribution in [0, 0.1) is 0 Å². The molecule has 0 atom stereocenters. The molecule has 2 aromatic carbocycles. The minimum atomic E-state index is -0.127. The summed E-state index contributed by atoms with van der Waals surface area (Å²) in [6.45, 7) is 4.71. The Morgan fingerprint density at radius 2 is 1.87 bits per heavy atom. The van der Waals surface area contributed by atoms with Gasteiger partial charge >= 0.3 is 0 Å². The highest BCUT2D eigenvalue weighted by Gasteiger charge is 2.14. The Labute approximate surface area is 141 Å². The molecule has 2 aromatic rings. The number of carbonyl (C=O) groups is 1. The van der Waals surface area contributed by atoms with E-state index in [4.69, 9.17) is 16.3 Å². The molecule has 0 aromatic heterocycles. The fraction of sp³-hybridized carbons (Fsp3) is 0.278. The minimum absolute atomic E-state index is 0.127. The number of morpholine rings is 1. The molecule has 0 unspecified atom stereocenters. The molecule has 120 valence electrons. The largest absolute Gasteiger partial charge is 0.370 e. The van der Waals surface area contributed by atoms with Crippen molar-refractivity contribution < 1.29 is 14.4 Å². The first-order valence-corrected chi connectivity index (χ1v) is 8.16. The number of anilines is 1. The van der Waals surface area contributed by atoms with E-state index in [-0.39, 0.29) is 5.91 Å². The standard InChI is InChI=1S/C18H19ClN2O2/c19-16-2-1-3-17(12-16)20-18(22)15-6-4-14(5-7-15)13-21-8-10-23-11-9-21/h1-7,12H,8-11,13H2,(H,20,22)/p+1. The number of nitrogens with one attached hydrogen (secondary N) is 2. The molecule has 0 radical (unpaired) electrons. The van der Waals surface area contributed by atoms with Crippen LogP contribution in [-0.4, -0.2) is 32.2 Å². The van der Waals surface area contributed by atoms with Gasteiger partial charge in [-0.3, -0.25) is 4.79 Å². The summed E-state index contributed by atoms with van der Waals surface area (Å²) in [5, 5.41) is 3.46. The molecular formula is C18H20ClN2O2+. The molecule has 0 bridgehead atoms. The summed E-state index contributed by atoms with van der Waals surface area (Å²) in [6, 6.07) is 14.9. The molecule has 0 aliphatic carbocycles. The van der Waals surface area contributed by atoms with E-state index in [1.807, 2.05) is 36.4 Å². The summed E-state index contributed by atoms with van der Waals surface area (Å²) in [5.41, 5.74) is 2.58. The molecule has 1 amide bonds. The maximum Gasteiger partial charge on any atom is 0.255 e. The van der Waals surface area contributed by atoms with Gasteiger partial charge in [0.15, 0.2) is 0 Å². The molecular weight excluding hydrogens is 312 g/mol. The molecule has 1 saturated heterocycles. The van der Waals surface area contributed by atoms with Crippen LogP contribution in [-0.2, 0) is 11.3 Å². The third kappa shape index (κ3) is 4.55. The highest BCUT2D eigenvalue weighted by atomic mass is 35.5. The fourth-order valence-corrected chi connectivity index (χ4v) is 2.86. The van der Waals surface area contributed by atoms with Crippen LogP contribution in [0.1, 0.15) is 15.9 Å². The first kappa shape index (κ1) is 16.0. The van der Waals surface area contributed by atoms with E-state index in [0.29, 0.717) is 16.3 Å². The van der Waals surface area contributed by atoms with Gasteiger partial charge in [0.25, 0.3) is 5.91 Å². The highest BCUT2D eigenvalue weighted by molar-refractivity contribution is 6.30. The summed E-state index contributed by atoms with van der Waals surface area (Å²) >= 11 is 5.93. The van der Waals surface area contributed by atoms with Crippen LogP contribution in [0.3, 0.4) is 0 Å². The smallest absolute Gasteiger partial charge is 0.255 e. The number of quaternary nitrogens is 1. The minimum Gasteiger partial charge on any atom is -0.370 e. The second-order valence-electron chi connectivity index (χ2n) is 5.70. The lowest BCUT2D eigenvalue weighted by Gasteiger charge is -2.23. The predicted octanol–water partition coefficient (Wildman–Crippen LogP) is 2.01. The zero-order valence-electron chi connectivity index (χ0n) is 12.8. The number of rotatable bonds is 4. The number of hydrogen-bond acceptors (Lipinski definition) is 2. The lowest BCUT2D eigenvalue weighted by Crippen LogP contribution is -3.12. The molecule has 0 saturated carbocycles. The van der Waals surface area contributed by atoms with Crippen LogP contribution in [0.25, 0.3) is 0 Å². The zero-order valence-corrected chi connectivity index (χ0v) is 13.6. The van der Waals surface area contributed by atoms with Gasteiger partial charge in [0.2, 0.25) is 0 Å². The van der Waals surface area contributed by atoms with Crippen LogP contribution in [0.4, 0.5) is 5.69 Å². The van der Waals surface area contributed by atoms with Gasteiger partial charge in [-0.1, -0.05) is 29.8 Å². The summed E-state index contributed by atoms with van der Waals surface area (Å²) in [7, 11) is 0. The van der Waals surface area contributed by atoms with Crippen molar-refractivity contribution in [3.63, 3.8) is 0 Å². The van der Waals surface area contributed by atoms with Gasteiger partial charge in [-0.2, -0.15) is 0 Å². The number of benzene rings is 2. The lowest BCUT2D eigenvalue weighted by atomic mass is 10.1. The van der Waals surface area contributed by atoms with Crippen molar-refractivity contribution in [2.75, 3.05) is 31.6 Å². The number of halogens is 1.